The van der Waals surface area contributed by atoms with Crippen LogP contribution in [-0.2, 0) is 0 Å². The van der Waals surface area contributed by atoms with Gasteiger partial charge in [0.1, 0.15) is 11.4 Å². The molecule has 0 bridgehead atoms. The van der Waals surface area contributed by atoms with Crippen LogP contribution in [-0.4, -0.2) is 30.9 Å². The second kappa shape index (κ2) is 3.21. The molecule has 0 aliphatic heterocycles. The molecule has 3 rings (SSSR count). The minimum absolute atomic E-state index is 0.789. The van der Waals surface area contributed by atoms with Crippen molar-refractivity contribution in [3.8, 4) is 0 Å². The lowest BCUT2D eigenvalue weighted by Crippen LogP contribution is -2.54. The Hall–Kier alpha value is -2.12. The topological polar surface area (TPSA) is 35.6 Å². The van der Waals surface area contributed by atoms with Gasteiger partial charge in [-0.1, -0.05) is 0 Å². The standard InChI is InChI=1S/C10H6F4N4/c11-9(12)7(17-3-1-15-5-17)8(10(9,13)14)18-4-2-16-6-18/h1-6H. The van der Waals surface area contributed by atoms with Gasteiger partial charge in [0.25, 0.3) is 0 Å². The van der Waals surface area contributed by atoms with Crippen molar-refractivity contribution in [2.75, 3.05) is 0 Å². The molecule has 0 fully saturated rings. The maximum Gasteiger partial charge on any atom is 0.358 e. The van der Waals surface area contributed by atoms with E-state index in [0.29, 0.717) is 0 Å². The number of hydrogen-bond acceptors (Lipinski definition) is 2. The highest BCUT2D eigenvalue weighted by Gasteiger charge is 2.73. The van der Waals surface area contributed by atoms with Crippen LogP contribution in [0.25, 0.3) is 11.4 Å². The predicted octanol–water partition coefficient (Wildman–Crippen LogP) is 2.19. The van der Waals surface area contributed by atoms with Crippen LogP contribution in [0.5, 0.6) is 0 Å². The van der Waals surface area contributed by atoms with Gasteiger partial charge in [0, 0.05) is 24.8 Å². The summed E-state index contributed by atoms with van der Waals surface area (Å²) in [5, 5.41) is 0. The fraction of sp³-hybridized carbons (Fsp3) is 0.200. The Morgan fingerprint density at radius 1 is 0.778 bits per heavy atom. The molecule has 2 heterocycles. The lowest BCUT2D eigenvalue weighted by Gasteiger charge is -2.40. The van der Waals surface area contributed by atoms with Gasteiger partial charge < -0.3 is 9.13 Å². The lowest BCUT2D eigenvalue weighted by atomic mass is 9.90. The number of alkyl halides is 4. The summed E-state index contributed by atoms with van der Waals surface area (Å²) in [5.41, 5.74) is -1.58. The Bertz CT molecular complexity index is 544. The van der Waals surface area contributed by atoms with Crippen LogP contribution >= 0.6 is 0 Å². The van der Waals surface area contributed by atoms with Crippen LogP contribution in [0.4, 0.5) is 17.6 Å². The number of hydrogen-bond donors (Lipinski definition) is 0. The molecule has 8 heteroatoms. The zero-order valence-electron chi connectivity index (χ0n) is 8.76. The van der Waals surface area contributed by atoms with Crippen LogP contribution < -0.4 is 0 Å². The summed E-state index contributed by atoms with van der Waals surface area (Å²) in [5.74, 6) is -8.46. The molecule has 4 nitrogen and oxygen atoms in total. The quantitative estimate of drug-likeness (QED) is 0.774. The third kappa shape index (κ3) is 1.14. The molecule has 0 saturated carbocycles. The van der Waals surface area contributed by atoms with Crippen molar-refractivity contribution in [2.24, 2.45) is 0 Å². The van der Waals surface area contributed by atoms with E-state index in [2.05, 4.69) is 9.97 Å². The Morgan fingerprint density at radius 3 is 1.44 bits per heavy atom. The minimum atomic E-state index is -4.23. The first-order valence-corrected chi connectivity index (χ1v) is 4.94. The molecule has 0 saturated heterocycles. The summed E-state index contributed by atoms with van der Waals surface area (Å²) in [7, 11) is 0. The van der Waals surface area contributed by atoms with Gasteiger partial charge in [-0.2, -0.15) is 17.6 Å². The van der Waals surface area contributed by atoms with Crippen molar-refractivity contribution in [3.05, 3.63) is 37.4 Å². The Kier molecular flexibility index (Phi) is 1.96. The molecule has 2 aromatic heterocycles. The molecular weight excluding hydrogens is 252 g/mol. The van der Waals surface area contributed by atoms with E-state index in [-0.39, 0.29) is 0 Å². The number of aromatic nitrogens is 4. The van der Waals surface area contributed by atoms with Gasteiger partial charge in [0.15, 0.2) is 0 Å². The Labute approximate surface area is 98.2 Å². The average molecular weight is 258 g/mol. The molecule has 0 radical (unpaired) electrons. The molecule has 2 aromatic rings. The third-order valence-corrected chi connectivity index (χ3v) is 2.74. The van der Waals surface area contributed by atoms with Gasteiger partial charge in [-0.05, 0) is 0 Å². The zero-order valence-corrected chi connectivity index (χ0v) is 8.76. The first kappa shape index (κ1) is 11.0. The largest absolute Gasteiger partial charge is 0.358 e. The Morgan fingerprint density at radius 2 is 1.17 bits per heavy atom. The number of allylic oxidation sites excluding steroid dienone is 2. The average Bonchev–Trinajstić information content (AvgIpc) is 2.97. The fourth-order valence-electron chi connectivity index (χ4n) is 1.88. The molecule has 18 heavy (non-hydrogen) atoms. The van der Waals surface area contributed by atoms with Gasteiger partial charge in [-0.25, -0.2) is 9.97 Å². The summed E-state index contributed by atoms with van der Waals surface area (Å²) in [6, 6.07) is 0. The summed E-state index contributed by atoms with van der Waals surface area (Å²) in [6.07, 6.45) is 6.96. The van der Waals surface area contributed by atoms with Crippen LogP contribution in [0, 0.1) is 0 Å². The molecule has 0 spiro atoms. The van der Waals surface area contributed by atoms with Crippen molar-refractivity contribution in [3.63, 3.8) is 0 Å². The van der Waals surface area contributed by atoms with Crippen LogP contribution in [0.1, 0.15) is 0 Å². The molecule has 0 amide bonds. The monoisotopic (exact) mass is 258 g/mol. The van der Waals surface area contributed by atoms with E-state index in [4.69, 9.17) is 0 Å². The summed E-state index contributed by atoms with van der Waals surface area (Å²) < 4.78 is 55.7. The number of rotatable bonds is 2. The van der Waals surface area contributed by atoms with E-state index in [0.717, 1.165) is 21.8 Å². The molecule has 1 aliphatic carbocycles. The van der Waals surface area contributed by atoms with E-state index in [1.807, 2.05) is 0 Å². The fourth-order valence-corrected chi connectivity index (χ4v) is 1.88. The summed E-state index contributed by atoms with van der Waals surface area (Å²) in [6.45, 7) is 0. The van der Waals surface area contributed by atoms with Gasteiger partial charge in [-0.3, -0.25) is 0 Å². The second-order valence-corrected chi connectivity index (χ2v) is 3.79. The maximum absolute atomic E-state index is 13.5. The van der Waals surface area contributed by atoms with Gasteiger partial charge >= 0.3 is 11.8 Å². The molecule has 1 aliphatic rings. The predicted molar refractivity (Wildman–Crippen MR) is 53.8 cm³/mol. The van der Waals surface area contributed by atoms with Crippen molar-refractivity contribution in [1.82, 2.24) is 19.1 Å². The smallest absolute Gasteiger partial charge is 0.302 e. The third-order valence-electron chi connectivity index (χ3n) is 2.74. The van der Waals surface area contributed by atoms with Crippen LogP contribution in [0.2, 0.25) is 0 Å². The molecule has 0 aromatic carbocycles. The summed E-state index contributed by atoms with van der Waals surface area (Å²) in [4.78, 5) is 7.16. The van der Waals surface area contributed by atoms with Crippen molar-refractivity contribution < 1.29 is 17.6 Å². The van der Waals surface area contributed by atoms with Gasteiger partial charge in [0.05, 0.1) is 12.7 Å². The second-order valence-electron chi connectivity index (χ2n) is 3.79. The van der Waals surface area contributed by atoms with E-state index >= 15 is 0 Å². The van der Waals surface area contributed by atoms with Crippen LogP contribution in [0.15, 0.2) is 37.4 Å². The molecule has 0 N–H and O–H groups in total. The van der Waals surface area contributed by atoms with Gasteiger partial charge in [0.2, 0.25) is 0 Å². The first-order chi connectivity index (χ1) is 8.46. The highest BCUT2D eigenvalue weighted by atomic mass is 19.3. The first-order valence-electron chi connectivity index (χ1n) is 4.94. The maximum atomic E-state index is 13.5. The minimum Gasteiger partial charge on any atom is -0.302 e. The van der Waals surface area contributed by atoms with Crippen molar-refractivity contribution in [2.45, 2.75) is 11.8 Å². The van der Waals surface area contributed by atoms with Crippen molar-refractivity contribution >= 4 is 11.4 Å². The van der Waals surface area contributed by atoms with E-state index in [1.54, 1.807) is 0 Å². The normalized spacial score (nSPS) is 20.9. The highest BCUT2D eigenvalue weighted by molar-refractivity contribution is 5.91. The number of nitrogens with zero attached hydrogens (tertiary/aromatic N) is 4. The molecular formula is C10H6F4N4. The highest BCUT2D eigenvalue weighted by Crippen LogP contribution is 2.59. The van der Waals surface area contributed by atoms with E-state index in [1.165, 1.54) is 24.8 Å². The number of halogens is 4. The summed E-state index contributed by atoms with van der Waals surface area (Å²) >= 11 is 0. The van der Waals surface area contributed by atoms with Gasteiger partial charge in [-0.15, -0.1) is 0 Å². The SMILES string of the molecule is FC1(F)C(n2ccnc2)=C(n2ccnc2)C1(F)F. The molecule has 0 unspecified atom stereocenters. The zero-order chi connectivity index (χ0) is 13.0. The van der Waals surface area contributed by atoms with E-state index in [9.17, 15) is 17.6 Å². The lowest BCUT2D eigenvalue weighted by molar-refractivity contribution is -0.156. The Balaban J connectivity index is 2.25. The molecule has 94 valence electrons. The van der Waals surface area contributed by atoms with Crippen molar-refractivity contribution in [1.29, 1.82) is 0 Å². The molecule has 0 atom stereocenters. The van der Waals surface area contributed by atoms with Crippen LogP contribution in [0.3, 0.4) is 0 Å². The van der Waals surface area contributed by atoms with E-state index < -0.39 is 23.2 Å². The number of imidazole rings is 2.